The van der Waals surface area contributed by atoms with E-state index in [1.165, 1.54) is 12.1 Å². The standard InChI is InChI=1S/C14H18N4O3/c1-9(19)10-4-6-17(7-5-10)14-15-12-3-2-11(18(20)21)8-13(12)16-14/h2-3,8-10,19H,4-7H2,1H3,(H,15,16). The number of non-ortho nitro benzene ring substituents is 1. The maximum Gasteiger partial charge on any atom is 0.271 e. The Kier molecular flexibility index (Phi) is 3.50. The monoisotopic (exact) mass is 290 g/mol. The molecule has 0 spiro atoms. The number of nitrogens with zero attached hydrogens (tertiary/aromatic N) is 3. The Labute approximate surface area is 121 Å². The number of piperidine rings is 1. The fraction of sp³-hybridized carbons (Fsp3) is 0.500. The number of rotatable bonds is 3. The highest BCUT2D eigenvalue weighted by atomic mass is 16.6. The van der Waals surface area contributed by atoms with Crippen LogP contribution >= 0.6 is 0 Å². The van der Waals surface area contributed by atoms with Gasteiger partial charge in [0.25, 0.3) is 5.69 Å². The summed E-state index contributed by atoms with van der Waals surface area (Å²) < 4.78 is 0. The highest BCUT2D eigenvalue weighted by molar-refractivity contribution is 5.80. The van der Waals surface area contributed by atoms with Crippen LogP contribution in [-0.2, 0) is 0 Å². The minimum Gasteiger partial charge on any atom is -0.393 e. The zero-order valence-electron chi connectivity index (χ0n) is 11.8. The molecule has 1 aliphatic rings. The van der Waals surface area contributed by atoms with Gasteiger partial charge >= 0.3 is 0 Å². The lowest BCUT2D eigenvalue weighted by Gasteiger charge is -2.32. The molecule has 21 heavy (non-hydrogen) atoms. The Morgan fingerprint density at radius 3 is 2.81 bits per heavy atom. The molecule has 0 aliphatic carbocycles. The van der Waals surface area contributed by atoms with Crippen LogP contribution in [0.1, 0.15) is 19.8 Å². The molecule has 0 saturated carbocycles. The third-order valence-corrected chi connectivity index (χ3v) is 4.19. The van der Waals surface area contributed by atoms with E-state index < -0.39 is 4.92 Å². The molecular weight excluding hydrogens is 272 g/mol. The highest BCUT2D eigenvalue weighted by Gasteiger charge is 2.24. The van der Waals surface area contributed by atoms with Crippen molar-refractivity contribution in [3.05, 3.63) is 28.3 Å². The van der Waals surface area contributed by atoms with Gasteiger partial charge in [0, 0.05) is 25.2 Å². The summed E-state index contributed by atoms with van der Waals surface area (Å²) in [5.74, 6) is 1.08. The van der Waals surface area contributed by atoms with Crippen molar-refractivity contribution < 1.29 is 10.0 Å². The minimum absolute atomic E-state index is 0.0607. The summed E-state index contributed by atoms with van der Waals surface area (Å²) in [4.78, 5) is 20.2. The second-order valence-electron chi connectivity index (χ2n) is 5.58. The molecule has 1 unspecified atom stereocenters. The summed E-state index contributed by atoms with van der Waals surface area (Å²) in [5.41, 5.74) is 1.47. The number of fused-ring (bicyclic) bond motifs is 1. The first-order valence-corrected chi connectivity index (χ1v) is 7.12. The Morgan fingerprint density at radius 1 is 1.48 bits per heavy atom. The Hall–Kier alpha value is -2.15. The van der Waals surface area contributed by atoms with E-state index >= 15 is 0 Å². The molecule has 112 valence electrons. The number of aliphatic hydroxyl groups is 1. The van der Waals surface area contributed by atoms with Gasteiger partial charge < -0.3 is 15.0 Å². The van der Waals surface area contributed by atoms with Crippen LogP contribution < -0.4 is 4.90 Å². The maximum absolute atomic E-state index is 10.8. The van der Waals surface area contributed by atoms with Crippen molar-refractivity contribution in [2.75, 3.05) is 18.0 Å². The molecule has 1 fully saturated rings. The lowest BCUT2D eigenvalue weighted by atomic mass is 9.92. The number of H-pyrrole nitrogens is 1. The molecule has 2 N–H and O–H groups in total. The number of imidazole rings is 1. The first-order chi connectivity index (χ1) is 10.0. The number of nitro groups is 1. The lowest BCUT2D eigenvalue weighted by Crippen LogP contribution is -2.37. The van der Waals surface area contributed by atoms with Crippen LogP contribution in [0.3, 0.4) is 0 Å². The largest absolute Gasteiger partial charge is 0.393 e. The highest BCUT2D eigenvalue weighted by Crippen LogP contribution is 2.26. The van der Waals surface area contributed by atoms with Crippen LogP contribution in [0.25, 0.3) is 11.0 Å². The van der Waals surface area contributed by atoms with Crippen molar-refractivity contribution in [2.45, 2.75) is 25.9 Å². The summed E-state index contributed by atoms with van der Waals surface area (Å²) in [7, 11) is 0. The number of aliphatic hydroxyl groups excluding tert-OH is 1. The van der Waals surface area contributed by atoms with E-state index in [1.807, 2.05) is 6.92 Å². The molecule has 0 bridgehead atoms. The summed E-state index contributed by atoms with van der Waals surface area (Å²) in [6.07, 6.45) is 1.58. The maximum atomic E-state index is 10.8. The van der Waals surface area contributed by atoms with Gasteiger partial charge in [-0.05, 0) is 31.7 Å². The third kappa shape index (κ3) is 2.69. The van der Waals surface area contributed by atoms with E-state index in [0.717, 1.165) is 37.4 Å². The number of nitro benzene ring substituents is 1. The van der Waals surface area contributed by atoms with Gasteiger partial charge in [-0.3, -0.25) is 10.1 Å². The summed E-state index contributed by atoms with van der Waals surface area (Å²) in [6, 6.07) is 4.64. The van der Waals surface area contributed by atoms with Crippen molar-refractivity contribution in [1.29, 1.82) is 0 Å². The van der Waals surface area contributed by atoms with E-state index in [2.05, 4.69) is 14.9 Å². The van der Waals surface area contributed by atoms with Gasteiger partial charge in [-0.1, -0.05) is 0 Å². The Morgan fingerprint density at radius 2 is 2.19 bits per heavy atom. The second kappa shape index (κ2) is 5.33. The van der Waals surface area contributed by atoms with Gasteiger partial charge in [-0.25, -0.2) is 4.98 Å². The summed E-state index contributed by atoms with van der Waals surface area (Å²) >= 11 is 0. The average molecular weight is 290 g/mol. The number of hydrogen-bond donors (Lipinski definition) is 2. The Balaban J connectivity index is 1.80. The smallest absolute Gasteiger partial charge is 0.271 e. The van der Waals surface area contributed by atoms with Crippen molar-refractivity contribution in [2.24, 2.45) is 5.92 Å². The molecule has 7 heteroatoms. The predicted octanol–water partition coefficient (Wildman–Crippen LogP) is 2.07. The van der Waals surface area contributed by atoms with Crippen molar-refractivity contribution >= 4 is 22.7 Å². The van der Waals surface area contributed by atoms with Crippen molar-refractivity contribution in [3.63, 3.8) is 0 Å². The zero-order valence-corrected chi connectivity index (χ0v) is 11.8. The molecule has 3 rings (SSSR count). The van der Waals surface area contributed by atoms with Crippen LogP contribution in [0.4, 0.5) is 11.6 Å². The van der Waals surface area contributed by atoms with Crippen LogP contribution in [0.2, 0.25) is 0 Å². The number of aromatic nitrogens is 2. The molecule has 1 aromatic heterocycles. The lowest BCUT2D eigenvalue weighted by molar-refractivity contribution is -0.384. The normalized spacial score (nSPS) is 18.1. The van der Waals surface area contributed by atoms with E-state index in [-0.39, 0.29) is 11.8 Å². The van der Waals surface area contributed by atoms with Crippen LogP contribution in [0.15, 0.2) is 18.2 Å². The van der Waals surface area contributed by atoms with Crippen LogP contribution in [0, 0.1) is 16.0 Å². The quantitative estimate of drug-likeness (QED) is 0.666. The fourth-order valence-corrected chi connectivity index (χ4v) is 2.84. The third-order valence-electron chi connectivity index (χ3n) is 4.19. The molecule has 2 aromatic rings. The number of hydrogen-bond acceptors (Lipinski definition) is 5. The molecule has 0 radical (unpaired) electrons. The number of nitrogens with one attached hydrogen (secondary N) is 1. The van der Waals surface area contributed by atoms with Gasteiger partial charge in [-0.15, -0.1) is 0 Å². The molecule has 1 saturated heterocycles. The van der Waals surface area contributed by atoms with Crippen molar-refractivity contribution in [1.82, 2.24) is 9.97 Å². The predicted molar refractivity (Wildman–Crippen MR) is 79.4 cm³/mol. The SMILES string of the molecule is CC(O)C1CCN(c2nc3ccc([N+](=O)[O-])cc3[nH]2)CC1. The molecule has 1 atom stereocenters. The van der Waals surface area contributed by atoms with E-state index in [0.29, 0.717) is 11.4 Å². The van der Waals surface area contributed by atoms with Gasteiger partial charge in [0.05, 0.1) is 22.1 Å². The average Bonchev–Trinajstić information content (AvgIpc) is 2.90. The van der Waals surface area contributed by atoms with E-state index in [9.17, 15) is 15.2 Å². The van der Waals surface area contributed by atoms with Crippen LogP contribution in [-0.4, -0.2) is 39.2 Å². The Bertz CT molecular complexity index is 659. The molecule has 1 aromatic carbocycles. The second-order valence-corrected chi connectivity index (χ2v) is 5.58. The van der Waals surface area contributed by atoms with Crippen molar-refractivity contribution in [3.8, 4) is 0 Å². The van der Waals surface area contributed by atoms with E-state index in [1.54, 1.807) is 6.07 Å². The zero-order chi connectivity index (χ0) is 15.0. The van der Waals surface area contributed by atoms with Gasteiger partial charge in [0.2, 0.25) is 5.95 Å². The molecule has 0 amide bonds. The van der Waals surface area contributed by atoms with Gasteiger partial charge in [0.1, 0.15) is 0 Å². The number of aromatic amines is 1. The first kappa shape index (κ1) is 13.8. The topological polar surface area (TPSA) is 95.3 Å². The minimum atomic E-state index is -0.409. The molecule has 2 heterocycles. The number of benzene rings is 1. The fourth-order valence-electron chi connectivity index (χ4n) is 2.84. The van der Waals surface area contributed by atoms with Crippen LogP contribution in [0.5, 0.6) is 0 Å². The molecular formula is C14H18N4O3. The number of anilines is 1. The first-order valence-electron chi connectivity index (χ1n) is 7.12. The summed E-state index contributed by atoms with van der Waals surface area (Å²) in [6.45, 7) is 3.50. The van der Waals surface area contributed by atoms with Gasteiger partial charge in [-0.2, -0.15) is 0 Å². The van der Waals surface area contributed by atoms with Gasteiger partial charge in [0.15, 0.2) is 0 Å². The summed E-state index contributed by atoms with van der Waals surface area (Å²) in [5, 5.41) is 20.4. The molecule has 1 aliphatic heterocycles. The van der Waals surface area contributed by atoms with E-state index in [4.69, 9.17) is 0 Å². The molecule has 7 nitrogen and oxygen atoms in total.